The monoisotopic (exact) mass is 371 g/mol. The van der Waals surface area contributed by atoms with E-state index in [4.69, 9.17) is 32.2 Å². The van der Waals surface area contributed by atoms with Gasteiger partial charge >= 0.3 is 13.3 Å². The van der Waals surface area contributed by atoms with Gasteiger partial charge in [-0.15, -0.1) is 0 Å². The van der Waals surface area contributed by atoms with Crippen molar-refractivity contribution in [3.8, 4) is 0 Å². The number of rotatable bonds is 7. The number of hydrogen-bond acceptors (Lipinski definition) is 5. The molecular weight excluding hydrogens is 359 g/mol. The third kappa shape index (κ3) is 4.51. The Morgan fingerprint density at radius 2 is 1.95 bits per heavy atom. The molecule has 0 heterocycles. The van der Waals surface area contributed by atoms with Crippen LogP contribution in [0.25, 0.3) is 6.08 Å². The van der Waals surface area contributed by atoms with E-state index in [-0.39, 0.29) is 28.6 Å². The van der Waals surface area contributed by atoms with Gasteiger partial charge in [-0.05, 0) is 19.9 Å². The minimum atomic E-state index is -3.74. The number of hydrogen-bond donors (Lipinski definition) is 0. The van der Waals surface area contributed by atoms with Crippen LogP contribution in [0, 0.1) is 15.9 Å². The number of nitro groups is 1. The Morgan fingerprint density at radius 1 is 1.41 bits per heavy atom. The second-order valence-electron chi connectivity index (χ2n) is 3.88. The van der Waals surface area contributed by atoms with E-state index in [1.165, 1.54) is 0 Å². The van der Waals surface area contributed by atoms with Crippen molar-refractivity contribution in [2.24, 2.45) is 0 Å². The van der Waals surface area contributed by atoms with E-state index in [9.17, 15) is 19.1 Å². The van der Waals surface area contributed by atoms with Crippen LogP contribution in [0.5, 0.6) is 0 Å². The number of halogens is 3. The van der Waals surface area contributed by atoms with Gasteiger partial charge in [0.2, 0.25) is 5.82 Å². The molecule has 6 nitrogen and oxygen atoms in total. The van der Waals surface area contributed by atoms with E-state index in [2.05, 4.69) is 0 Å². The number of nitrogens with zero attached hydrogens (tertiary/aromatic N) is 1. The summed E-state index contributed by atoms with van der Waals surface area (Å²) >= 11 is 11.8. The molecular formula is C12H13Cl2FNO5P. The Morgan fingerprint density at radius 3 is 2.41 bits per heavy atom. The van der Waals surface area contributed by atoms with Crippen LogP contribution >= 0.6 is 30.8 Å². The molecule has 0 saturated carbocycles. The van der Waals surface area contributed by atoms with E-state index in [1.54, 1.807) is 13.8 Å². The van der Waals surface area contributed by atoms with E-state index in [0.717, 1.165) is 18.2 Å². The third-order valence-corrected chi connectivity index (χ3v) is 5.30. The molecule has 0 bridgehead atoms. The van der Waals surface area contributed by atoms with Gasteiger partial charge in [-0.1, -0.05) is 23.2 Å². The molecule has 1 rings (SSSR count). The number of nitro benzene ring substituents is 1. The lowest BCUT2D eigenvalue weighted by Gasteiger charge is -2.16. The zero-order chi connectivity index (χ0) is 16.9. The fourth-order valence-electron chi connectivity index (χ4n) is 1.51. The second kappa shape index (κ2) is 8.04. The standard InChI is InChI=1S/C12H13Cl2FNO5P/c1-3-20-22(19,21-4-2)12(14)6-8-5-11(16(17)18)10(15)7-9(8)13/h5-7H,3-4H2,1-2H3. The fraction of sp³-hybridized carbons (Fsp3) is 0.333. The Hall–Kier alpha value is -0.980. The lowest BCUT2D eigenvalue weighted by molar-refractivity contribution is -0.387. The molecule has 1 aromatic carbocycles. The maximum Gasteiger partial charge on any atom is 0.372 e. The predicted octanol–water partition coefficient (Wildman–Crippen LogP) is 5.19. The van der Waals surface area contributed by atoms with Crippen LogP contribution in [-0.2, 0) is 13.6 Å². The molecule has 0 fully saturated rings. The molecule has 0 spiro atoms. The summed E-state index contributed by atoms with van der Waals surface area (Å²) in [5, 5.41) is 10.6. The summed E-state index contributed by atoms with van der Waals surface area (Å²) in [5.41, 5.74) is -0.748. The van der Waals surface area contributed by atoms with Crippen LogP contribution < -0.4 is 0 Å². The van der Waals surface area contributed by atoms with Crippen molar-refractivity contribution in [2.45, 2.75) is 13.8 Å². The van der Waals surface area contributed by atoms with Crippen molar-refractivity contribution in [3.05, 3.63) is 43.4 Å². The van der Waals surface area contributed by atoms with Crippen molar-refractivity contribution in [2.75, 3.05) is 13.2 Å². The molecule has 0 aliphatic rings. The molecule has 0 N–H and O–H groups in total. The zero-order valence-corrected chi connectivity index (χ0v) is 14.1. The Labute approximate surface area is 136 Å². The Balaban J connectivity index is 3.33. The lowest BCUT2D eigenvalue weighted by Crippen LogP contribution is -1.97. The predicted molar refractivity (Wildman–Crippen MR) is 82.8 cm³/mol. The summed E-state index contributed by atoms with van der Waals surface area (Å²) in [5.74, 6) is -1.08. The Bertz CT molecular complexity index is 643. The van der Waals surface area contributed by atoms with Crippen molar-refractivity contribution in [1.82, 2.24) is 0 Å². The van der Waals surface area contributed by atoms with Crippen LogP contribution in [0.1, 0.15) is 19.4 Å². The minimum absolute atomic E-state index is 0.0272. The molecule has 0 saturated heterocycles. The lowest BCUT2D eigenvalue weighted by atomic mass is 10.2. The van der Waals surface area contributed by atoms with Gasteiger partial charge in [0.25, 0.3) is 0 Å². The van der Waals surface area contributed by atoms with E-state index in [0.29, 0.717) is 0 Å². The SMILES string of the molecule is CCOP(=O)(OCC)C(Cl)=Cc1cc([N+](=O)[O-])c(F)cc1Cl. The average molecular weight is 372 g/mol. The first-order valence-electron chi connectivity index (χ1n) is 6.15. The molecule has 0 radical (unpaired) electrons. The second-order valence-corrected chi connectivity index (χ2v) is 6.95. The normalized spacial score (nSPS) is 12.5. The highest BCUT2D eigenvalue weighted by atomic mass is 35.5. The van der Waals surface area contributed by atoms with Crippen LogP contribution in [0.4, 0.5) is 10.1 Å². The van der Waals surface area contributed by atoms with Crippen LogP contribution in [0.15, 0.2) is 16.9 Å². The van der Waals surface area contributed by atoms with Crippen LogP contribution in [-0.4, -0.2) is 18.1 Å². The molecule has 0 amide bonds. The van der Waals surface area contributed by atoms with Crippen LogP contribution in [0.3, 0.4) is 0 Å². The van der Waals surface area contributed by atoms with Gasteiger partial charge in [-0.3, -0.25) is 14.7 Å². The molecule has 22 heavy (non-hydrogen) atoms. The molecule has 0 aliphatic heterocycles. The quantitative estimate of drug-likeness (QED) is 0.374. The van der Waals surface area contributed by atoms with Crippen molar-refractivity contribution < 1.29 is 22.9 Å². The van der Waals surface area contributed by atoms with Crippen molar-refractivity contribution >= 4 is 42.6 Å². The molecule has 0 aliphatic carbocycles. The van der Waals surface area contributed by atoms with Gasteiger partial charge in [0, 0.05) is 17.7 Å². The zero-order valence-electron chi connectivity index (χ0n) is 11.7. The van der Waals surface area contributed by atoms with Gasteiger partial charge in [0.1, 0.15) is 4.77 Å². The maximum absolute atomic E-state index is 13.4. The third-order valence-electron chi connectivity index (χ3n) is 2.40. The smallest absolute Gasteiger partial charge is 0.305 e. The molecule has 0 aromatic heterocycles. The summed E-state index contributed by atoms with van der Waals surface area (Å²) in [4.78, 5) is 9.84. The minimum Gasteiger partial charge on any atom is -0.305 e. The van der Waals surface area contributed by atoms with Crippen molar-refractivity contribution in [3.63, 3.8) is 0 Å². The molecule has 0 unspecified atom stereocenters. The first-order valence-corrected chi connectivity index (χ1v) is 8.45. The van der Waals surface area contributed by atoms with E-state index in [1.807, 2.05) is 0 Å². The Kier molecular flexibility index (Phi) is 6.97. The fourth-order valence-corrected chi connectivity index (χ4v) is 3.43. The van der Waals surface area contributed by atoms with Gasteiger partial charge in [-0.2, -0.15) is 4.39 Å². The first-order chi connectivity index (χ1) is 10.2. The first kappa shape index (κ1) is 19.1. The topological polar surface area (TPSA) is 78.7 Å². The summed E-state index contributed by atoms with van der Waals surface area (Å²) < 4.78 is 35.6. The summed E-state index contributed by atoms with van der Waals surface area (Å²) in [7, 11) is -3.74. The molecule has 10 heteroatoms. The van der Waals surface area contributed by atoms with Crippen molar-refractivity contribution in [1.29, 1.82) is 0 Å². The van der Waals surface area contributed by atoms with Gasteiger partial charge in [-0.25, -0.2) is 0 Å². The van der Waals surface area contributed by atoms with Gasteiger partial charge in [0.05, 0.1) is 23.2 Å². The van der Waals surface area contributed by atoms with E-state index < -0.39 is 24.0 Å². The number of benzene rings is 1. The summed E-state index contributed by atoms with van der Waals surface area (Å²) in [6.45, 7) is 3.37. The summed E-state index contributed by atoms with van der Waals surface area (Å²) in [6.07, 6.45) is 1.10. The summed E-state index contributed by atoms with van der Waals surface area (Å²) in [6, 6.07) is 1.67. The van der Waals surface area contributed by atoms with Crippen LogP contribution in [0.2, 0.25) is 5.02 Å². The maximum atomic E-state index is 13.4. The van der Waals surface area contributed by atoms with Gasteiger partial charge in [0.15, 0.2) is 0 Å². The molecule has 1 aromatic rings. The molecule has 122 valence electrons. The van der Waals surface area contributed by atoms with E-state index >= 15 is 0 Å². The molecule has 0 atom stereocenters. The van der Waals surface area contributed by atoms with Gasteiger partial charge < -0.3 is 9.05 Å². The largest absolute Gasteiger partial charge is 0.372 e. The highest BCUT2D eigenvalue weighted by Crippen LogP contribution is 2.58. The highest BCUT2D eigenvalue weighted by molar-refractivity contribution is 7.61. The average Bonchev–Trinajstić information content (AvgIpc) is 2.41. The highest BCUT2D eigenvalue weighted by Gasteiger charge is 2.29.